The van der Waals surface area contributed by atoms with Gasteiger partial charge in [0, 0.05) is 6.42 Å². The number of ether oxygens (including phenoxy) is 1. The monoisotopic (exact) mass is 279 g/mol. The molecule has 0 saturated carbocycles. The summed E-state index contributed by atoms with van der Waals surface area (Å²) in [6.45, 7) is -0.525. The summed E-state index contributed by atoms with van der Waals surface area (Å²) in [5, 5.41) is 47.8. The predicted octanol–water partition coefficient (Wildman–Crippen LogP) is -2.67. The summed E-state index contributed by atoms with van der Waals surface area (Å²) in [5.41, 5.74) is 0. The molecule has 1 aliphatic heterocycles. The lowest BCUT2D eigenvalue weighted by Crippen LogP contribution is -2.49. The molecule has 0 aromatic rings. The first-order chi connectivity index (χ1) is 8.86. The average Bonchev–Trinajstić information content (AvgIpc) is 2.61. The van der Waals surface area contributed by atoms with Crippen LogP contribution in [0.15, 0.2) is 0 Å². The van der Waals surface area contributed by atoms with Gasteiger partial charge in [0.25, 0.3) is 0 Å². The first kappa shape index (κ1) is 15.8. The molecule has 0 radical (unpaired) electrons. The minimum atomic E-state index is -1.40. The van der Waals surface area contributed by atoms with Gasteiger partial charge >= 0.3 is 11.9 Å². The molecule has 0 amide bonds. The maximum Gasteiger partial charge on any atom is 0.320 e. The molecule has 0 spiro atoms. The van der Waals surface area contributed by atoms with Crippen LogP contribution in [0.1, 0.15) is 12.8 Å². The molecular formula is C10H17NO8. The lowest BCUT2D eigenvalue weighted by Gasteiger charge is -2.21. The van der Waals surface area contributed by atoms with Gasteiger partial charge in [0.1, 0.15) is 30.6 Å². The number of aliphatic carboxylic acids is 2. The Morgan fingerprint density at radius 3 is 2.26 bits per heavy atom. The van der Waals surface area contributed by atoms with Gasteiger partial charge in [0.2, 0.25) is 0 Å². The highest BCUT2D eigenvalue weighted by Crippen LogP contribution is 2.20. The van der Waals surface area contributed by atoms with Crippen LogP contribution in [-0.4, -0.2) is 74.7 Å². The highest BCUT2D eigenvalue weighted by atomic mass is 16.6. The Labute approximate surface area is 108 Å². The lowest BCUT2D eigenvalue weighted by atomic mass is 10.1. The highest BCUT2D eigenvalue weighted by molar-refractivity contribution is 5.75. The number of carbonyl (C=O) groups is 2. The minimum Gasteiger partial charge on any atom is -0.481 e. The first-order valence-electron chi connectivity index (χ1n) is 5.70. The summed E-state index contributed by atoms with van der Waals surface area (Å²) in [4.78, 5) is 21.3. The largest absolute Gasteiger partial charge is 0.481 e. The van der Waals surface area contributed by atoms with Gasteiger partial charge in [0.15, 0.2) is 0 Å². The minimum absolute atomic E-state index is 0.197. The van der Waals surface area contributed by atoms with Crippen molar-refractivity contribution in [2.24, 2.45) is 0 Å². The van der Waals surface area contributed by atoms with E-state index >= 15 is 0 Å². The van der Waals surface area contributed by atoms with E-state index in [0.717, 1.165) is 0 Å². The van der Waals surface area contributed by atoms with E-state index in [2.05, 4.69) is 5.32 Å². The Balaban J connectivity index is 2.59. The first-order valence-corrected chi connectivity index (χ1v) is 5.70. The molecule has 1 saturated heterocycles. The second kappa shape index (κ2) is 6.78. The van der Waals surface area contributed by atoms with Crippen LogP contribution in [0.25, 0.3) is 0 Å². The molecule has 0 bridgehead atoms. The third-order valence-corrected chi connectivity index (χ3v) is 2.85. The van der Waals surface area contributed by atoms with Crippen LogP contribution < -0.4 is 5.32 Å². The van der Waals surface area contributed by atoms with Crippen molar-refractivity contribution < 1.29 is 39.9 Å². The fourth-order valence-electron chi connectivity index (χ4n) is 1.78. The van der Waals surface area contributed by atoms with Gasteiger partial charge < -0.3 is 30.3 Å². The molecule has 9 heteroatoms. The van der Waals surface area contributed by atoms with Crippen LogP contribution in [0, 0.1) is 0 Å². The zero-order chi connectivity index (χ0) is 14.6. The molecule has 0 aliphatic carbocycles. The molecule has 1 rings (SSSR count). The summed E-state index contributed by atoms with van der Waals surface area (Å²) >= 11 is 0. The number of hydrogen-bond acceptors (Lipinski definition) is 7. The Bertz CT molecular complexity index is 335. The number of rotatable bonds is 7. The van der Waals surface area contributed by atoms with Crippen LogP contribution in [0.4, 0.5) is 0 Å². The molecule has 0 unspecified atom stereocenters. The fourth-order valence-corrected chi connectivity index (χ4v) is 1.78. The van der Waals surface area contributed by atoms with E-state index in [1.165, 1.54) is 0 Å². The molecule has 6 N–H and O–H groups in total. The molecule has 1 fully saturated rings. The molecule has 5 atom stereocenters. The van der Waals surface area contributed by atoms with Crippen molar-refractivity contribution >= 4 is 11.9 Å². The standard InChI is InChI=1S/C10H17NO8/c12-3-5-7(15)8(16)9(19-5)11-4(10(17)18)1-2-6(13)14/h4-5,7-9,11-12,15-16H,1-3H2,(H,13,14)(H,17,18)/t4-,5-,7-,8+,9+/m0/s1. The van der Waals surface area contributed by atoms with Crippen molar-refractivity contribution in [1.29, 1.82) is 0 Å². The number of nitrogens with one attached hydrogen (secondary N) is 1. The average molecular weight is 279 g/mol. The van der Waals surface area contributed by atoms with E-state index in [9.17, 15) is 19.8 Å². The van der Waals surface area contributed by atoms with Crippen LogP contribution in [0.2, 0.25) is 0 Å². The highest BCUT2D eigenvalue weighted by Gasteiger charge is 2.43. The van der Waals surface area contributed by atoms with E-state index in [0.29, 0.717) is 0 Å². The maximum atomic E-state index is 10.9. The zero-order valence-electron chi connectivity index (χ0n) is 9.97. The fraction of sp³-hybridized carbons (Fsp3) is 0.800. The SMILES string of the molecule is O=C(O)CC[C@H](N[C@@H]1O[C@@H](CO)[C@H](O)[C@H]1O)C(=O)O. The van der Waals surface area contributed by atoms with Gasteiger partial charge in [-0.2, -0.15) is 0 Å². The van der Waals surface area contributed by atoms with E-state index in [-0.39, 0.29) is 12.8 Å². The summed E-state index contributed by atoms with van der Waals surface area (Å²) < 4.78 is 5.05. The summed E-state index contributed by atoms with van der Waals surface area (Å²) in [7, 11) is 0. The van der Waals surface area contributed by atoms with Gasteiger partial charge in [-0.05, 0) is 6.42 Å². The molecule has 19 heavy (non-hydrogen) atoms. The second-order valence-electron chi connectivity index (χ2n) is 4.25. The van der Waals surface area contributed by atoms with Crippen molar-refractivity contribution in [3.05, 3.63) is 0 Å². The Morgan fingerprint density at radius 2 is 1.84 bits per heavy atom. The van der Waals surface area contributed by atoms with Crippen LogP contribution in [0.5, 0.6) is 0 Å². The van der Waals surface area contributed by atoms with E-state index < -0.39 is 49.1 Å². The zero-order valence-corrected chi connectivity index (χ0v) is 9.97. The number of aliphatic hydroxyl groups excluding tert-OH is 3. The predicted molar refractivity (Wildman–Crippen MR) is 59.2 cm³/mol. The van der Waals surface area contributed by atoms with Crippen LogP contribution >= 0.6 is 0 Å². The van der Waals surface area contributed by atoms with E-state index in [4.69, 9.17) is 20.1 Å². The van der Waals surface area contributed by atoms with Gasteiger partial charge in [-0.25, -0.2) is 0 Å². The van der Waals surface area contributed by atoms with Crippen molar-refractivity contribution in [2.45, 2.75) is 43.4 Å². The Kier molecular flexibility index (Phi) is 5.63. The van der Waals surface area contributed by atoms with Crippen molar-refractivity contribution in [2.75, 3.05) is 6.61 Å². The normalized spacial score (nSPS) is 32.2. The van der Waals surface area contributed by atoms with Gasteiger partial charge in [-0.1, -0.05) is 0 Å². The summed E-state index contributed by atoms with van der Waals surface area (Å²) in [6, 6.07) is -1.24. The second-order valence-corrected chi connectivity index (χ2v) is 4.25. The van der Waals surface area contributed by atoms with Crippen molar-refractivity contribution in [3.63, 3.8) is 0 Å². The summed E-state index contributed by atoms with van der Waals surface area (Å²) in [6.07, 6.45) is -5.49. The quantitative estimate of drug-likeness (QED) is 0.292. The molecule has 1 aliphatic rings. The molecule has 0 aromatic carbocycles. The third-order valence-electron chi connectivity index (χ3n) is 2.85. The van der Waals surface area contributed by atoms with Gasteiger partial charge in [-0.3, -0.25) is 14.9 Å². The van der Waals surface area contributed by atoms with Crippen molar-refractivity contribution in [3.8, 4) is 0 Å². The van der Waals surface area contributed by atoms with Gasteiger partial charge in [-0.15, -0.1) is 0 Å². The van der Waals surface area contributed by atoms with E-state index in [1.807, 2.05) is 0 Å². The Morgan fingerprint density at radius 1 is 1.21 bits per heavy atom. The molecule has 0 aromatic heterocycles. The maximum absolute atomic E-state index is 10.9. The number of aliphatic hydroxyl groups is 3. The van der Waals surface area contributed by atoms with Gasteiger partial charge in [0.05, 0.1) is 6.61 Å². The molecule has 110 valence electrons. The van der Waals surface area contributed by atoms with Crippen LogP contribution in [-0.2, 0) is 14.3 Å². The lowest BCUT2D eigenvalue weighted by molar-refractivity contribution is -0.142. The van der Waals surface area contributed by atoms with Crippen molar-refractivity contribution in [1.82, 2.24) is 5.32 Å². The molecular weight excluding hydrogens is 262 g/mol. The third kappa shape index (κ3) is 4.11. The molecule has 9 nitrogen and oxygen atoms in total. The molecule has 1 heterocycles. The van der Waals surface area contributed by atoms with Crippen LogP contribution in [0.3, 0.4) is 0 Å². The number of carboxylic acid groups (broad SMARTS) is 2. The van der Waals surface area contributed by atoms with E-state index in [1.54, 1.807) is 0 Å². The smallest absolute Gasteiger partial charge is 0.320 e. The number of hydrogen-bond donors (Lipinski definition) is 6. The number of carboxylic acids is 2. The Hall–Kier alpha value is -1.26. The topological polar surface area (TPSA) is 157 Å². The summed E-state index contributed by atoms with van der Waals surface area (Å²) in [5.74, 6) is -2.44.